The number of benzene rings is 2. The van der Waals surface area contributed by atoms with Crippen molar-refractivity contribution in [2.75, 3.05) is 18.6 Å². The molecule has 0 aliphatic carbocycles. The molecule has 2 amide bonds. The number of amides is 2. The number of fused-ring (bicyclic) bond motifs is 1. The van der Waals surface area contributed by atoms with E-state index in [-0.39, 0.29) is 12.3 Å². The maximum Gasteiger partial charge on any atom is 0.231 e. The Morgan fingerprint density at radius 2 is 2.00 bits per heavy atom. The van der Waals surface area contributed by atoms with Gasteiger partial charge in [-0.2, -0.15) is 0 Å². The summed E-state index contributed by atoms with van der Waals surface area (Å²) in [5.41, 5.74) is 8.98. The second-order valence-electron chi connectivity index (χ2n) is 6.00. The van der Waals surface area contributed by atoms with Gasteiger partial charge in [0.25, 0.3) is 0 Å². The highest BCUT2D eigenvalue weighted by molar-refractivity contribution is 6.00. The summed E-state index contributed by atoms with van der Waals surface area (Å²) in [6.07, 6.45) is 0.246. The normalized spacial score (nSPS) is 15.9. The van der Waals surface area contributed by atoms with Crippen LogP contribution in [0.1, 0.15) is 22.6 Å². The van der Waals surface area contributed by atoms with Gasteiger partial charge in [0.05, 0.1) is 19.4 Å². The van der Waals surface area contributed by atoms with Gasteiger partial charge in [-0.3, -0.25) is 9.59 Å². The summed E-state index contributed by atoms with van der Waals surface area (Å²) in [6, 6.07) is 13.2. The van der Waals surface area contributed by atoms with Crippen LogP contribution in [-0.4, -0.2) is 25.5 Å². The van der Waals surface area contributed by atoms with Crippen molar-refractivity contribution < 1.29 is 14.3 Å². The molecule has 0 bridgehead atoms. The van der Waals surface area contributed by atoms with Crippen LogP contribution in [0, 0.1) is 6.92 Å². The first-order chi connectivity index (χ1) is 11.5. The van der Waals surface area contributed by atoms with E-state index in [4.69, 9.17) is 10.5 Å². The van der Waals surface area contributed by atoms with E-state index in [0.29, 0.717) is 6.54 Å². The third-order valence-electron chi connectivity index (χ3n) is 4.44. The lowest BCUT2D eigenvalue weighted by molar-refractivity contribution is -0.119. The highest BCUT2D eigenvalue weighted by atomic mass is 16.5. The number of primary amides is 1. The summed E-state index contributed by atoms with van der Waals surface area (Å²) in [7, 11) is 1.61. The van der Waals surface area contributed by atoms with Gasteiger partial charge >= 0.3 is 0 Å². The fraction of sp³-hybridized carbons (Fsp3) is 0.263. The van der Waals surface area contributed by atoms with E-state index in [2.05, 4.69) is 0 Å². The summed E-state index contributed by atoms with van der Waals surface area (Å²) < 4.78 is 5.31. The van der Waals surface area contributed by atoms with Crippen molar-refractivity contribution in [3.05, 3.63) is 59.2 Å². The molecule has 24 heavy (non-hydrogen) atoms. The van der Waals surface area contributed by atoms with E-state index < -0.39 is 11.8 Å². The molecule has 0 aromatic heterocycles. The number of hydrogen-bond donors (Lipinski definition) is 1. The number of aryl methyl sites for hydroxylation is 1. The standard InChI is InChI=1S/C19H20N2O3/c1-12-7-8-13(9-17(12)24-2)10-18(22)21-11-15(19(20)23)14-5-3-4-6-16(14)21/h3-9,15H,10-11H2,1-2H3,(H2,20,23)/t15-/m1/s1. The number of ether oxygens (including phenoxy) is 1. The zero-order valence-corrected chi connectivity index (χ0v) is 13.8. The molecule has 0 radical (unpaired) electrons. The van der Waals surface area contributed by atoms with Crippen LogP contribution in [0.25, 0.3) is 0 Å². The zero-order valence-electron chi connectivity index (χ0n) is 13.8. The molecule has 3 rings (SSSR count). The molecule has 2 aromatic rings. The van der Waals surface area contributed by atoms with Crippen LogP contribution < -0.4 is 15.4 Å². The second-order valence-corrected chi connectivity index (χ2v) is 6.00. The van der Waals surface area contributed by atoms with Crippen molar-refractivity contribution in [2.24, 2.45) is 5.73 Å². The lowest BCUT2D eigenvalue weighted by Crippen LogP contribution is -2.33. The average molecular weight is 324 g/mol. The largest absolute Gasteiger partial charge is 0.496 e. The Morgan fingerprint density at radius 3 is 2.71 bits per heavy atom. The smallest absolute Gasteiger partial charge is 0.231 e. The van der Waals surface area contributed by atoms with Crippen molar-refractivity contribution in [2.45, 2.75) is 19.3 Å². The average Bonchev–Trinajstić information content (AvgIpc) is 2.96. The van der Waals surface area contributed by atoms with Crippen LogP contribution in [-0.2, 0) is 16.0 Å². The highest BCUT2D eigenvalue weighted by Crippen LogP contribution is 2.36. The summed E-state index contributed by atoms with van der Waals surface area (Å²) in [4.78, 5) is 26.1. The molecule has 0 saturated carbocycles. The van der Waals surface area contributed by atoms with Gasteiger partial charge < -0.3 is 15.4 Å². The number of rotatable bonds is 4. The van der Waals surface area contributed by atoms with Gasteiger partial charge in [0, 0.05) is 12.2 Å². The zero-order chi connectivity index (χ0) is 17.3. The van der Waals surface area contributed by atoms with Crippen molar-refractivity contribution in [1.29, 1.82) is 0 Å². The molecular formula is C19H20N2O3. The number of hydrogen-bond acceptors (Lipinski definition) is 3. The number of methoxy groups -OCH3 is 1. The SMILES string of the molecule is COc1cc(CC(=O)N2C[C@@H](C(N)=O)c3ccccc32)ccc1C. The lowest BCUT2D eigenvalue weighted by atomic mass is 10.0. The Balaban J connectivity index is 1.85. The monoisotopic (exact) mass is 324 g/mol. The molecule has 0 unspecified atom stereocenters. The fourth-order valence-electron chi connectivity index (χ4n) is 3.13. The molecule has 1 aliphatic rings. The predicted molar refractivity (Wildman–Crippen MR) is 92.2 cm³/mol. The fourth-order valence-corrected chi connectivity index (χ4v) is 3.13. The maximum atomic E-state index is 12.8. The molecule has 124 valence electrons. The molecule has 5 heteroatoms. The third-order valence-corrected chi connectivity index (χ3v) is 4.44. The molecule has 1 atom stereocenters. The van der Waals surface area contributed by atoms with E-state index in [1.54, 1.807) is 12.0 Å². The minimum atomic E-state index is -0.447. The van der Waals surface area contributed by atoms with Crippen LogP contribution in [0.5, 0.6) is 5.75 Å². The third kappa shape index (κ3) is 2.85. The Bertz CT molecular complexity index is 801. The number of nitrogens with zero attached hydrogens (tertiary/aromatic N) is 1. The van der Waals surface area contributed by atoms with Gasteiger partial charge in [0.2, 0.25) is 11.8 Å². The van der Waals surface area contributed by atoms with Crippen molar-refractivity contribution in [3.8, 4) is 5.75 Å². The van der Waals surface area contributed by atoms with Crippen LogP contribution in [0.4, 0.5) is 5.69 Å². The topological polar surface area (TPSA) is 72.6 Å². The Morgan fingerprint density at radius 1 is 1.25 bits per heavy atom. The summed E-state index contributed by atoms with van der Waals surface area (Å²) >= 11 is 0. The highest BCUT2D eigenvalue weighted by Gasteiger charge is 2.35. The molecule has 1 heterocycles. The van der Waals surface area contributed by atoms with E-state index in [1.165, 1.54) is 0 Å². The lowest BCUT2D eigenvalue weighted by Gasteiger charge is -2.18. The van der Waals surface area contributed by atoms with E-state index in [9.17, 15) is 9.59 Å². The molecule has 2 N–H and O–H groups in total. The van der Waals surface area contributed by atoms with Crippen LogP contribution in [0.15, 0.2) is 42.5 Å². The minimum Gasteiger partial charge on any atom is -0.496 e. The summed E-state index contributed by atoms with van der Waals surface area (Å²) in [5, 5.41) is 0. The van der Waals surface area contributed by atoms with Crippen LogP contribution >= 0.6 is 0 Å². The molecule has 1 aliphatic heterocycles. The van der Waals surface area contributed by atoms with Gasteiger partial charge in [-0.05, 0) is 35.7 Å². The molecule has 0 fully saturated rings. The first kappa shape index (κ1) is 16.1. The molecule has 5 nitrogen and oxygen atoms in total. The second kappa shape index (κ2) is 6.35. The van der Waals surface area contributed by atoms with Gasteiger partial charge in [-0.15, -0.1) is 0 Å². The van der Waals surface area contributed by atoms with Crippen molar-refractivity contribution >= 4 is 17.5 Å². The number of nitrogens with two attached hydrogens (primary N) is 1. The Hall–Kier alpha value is -2.82. The van der Waals surface area contributed by atoms with Crippen molar-refractivity contribution in [3.63, 3.8) is 0 Å². The van der Waals surface area contributed by atoms with E-state index >= 15 is 0 Å². The molecular weight excluding hydrogens is 304 g/mol. The molecule has 0 spiro atoms. The summed E-state index contributed by atoms with van der Waals surface area (Å²) in [6.45, 7) is 2.26. The Labute approximate surface area is 141 Å². The number of para-hydroxylation sites is 1. The first-order valence-corrected chi connectivity index (χ1v) is 7.83. The van der Waals surface area contributed by atoms with Gasteiger partial charge in [0.1, 0.15) is 5.75 Å². The molecule has 2 aromatic carbocycles. The quantitative estimate of drug-likeness (QED) is 0.937. The van der Waals surface area contributed by atoms with Crippen LogP contribution in [0.2, 0.25) is 0 Å². The van der Waals surface area contributed by atoms with E-state index in [1.807, 2.05) is 49.4 Å². The number of carbonyl (C=O) groups is 2. The molecule has 0 saturated heterocycles. The van der Waals surface area contributed by atoms with Gasteiger partial charge in [-0.25, -0.2) is 0 Å². The van der Waals surface area contributed by atoms with Gasteiger partial charge in [0.15, 0.2) is 0 Å². The minimum absolute atomic E-state index is 0.0582. The number of anilines is 1. The van der Waals surface area contributed by atoms with E-state index in [0.717, 1.165) is 28.1 Å². The van der Waals surface area contributed by atoms with Crippen molar-refractivity contribution in [1.82, 2.24) is 0 Å². The predicted octanol–water partition coefficient (Wildman–Crippen LogP) is 2.16. The number of carbonyl (C=O) groups excluding carboxylic acids is 2. The van der Waals surface area contributed by atoms with Crippen LogP contribution in [0.3, 0.4) is 0 Å². The first-order valence-electron chi connectivity index (χ1n) is 7.83. The summed E-state index contributed by atoms with van der Waals surface area (Å²) in [5.74, 6) is -0.151. The Kier molecular flexibility index (Phi) is 4.25. The maximum absolute atomic E-state index is 12.8. The van der Waals surface area contributed by atoms with Gasteiger partial charge in [-0.1, -0.05) is 30.3 Å².